The molecule has 2 amide bonds. The molecule has 8 heteroatoms. The normalized spacial score (nSPS) is 11.8. The minimum atomic E-state index is -0.819. The van der Waals surface area contributed by atoms with Crippen LogP contribution in [0.15, 0.2) is 42.5 Å². The summed E-state index contributed by atoms with van der Waals surface area (Å²) in [6, 6.07) is 9.95. The topological polar surface area (TPSA) is 58.6 Å². The lowest BCUT2D eigenvalue weighted by Crippen LogP contribution is -2.49. The molecule has 0 radical (unpaired) electrons. The Balaban J connectivity index is 2.17. The minimum absolute atomic E-state index is 0.0700. The first-order valence-electron chi connectivity index (χ1n) is 9.57. The number of nitrogens with zero attached hydrogens (tertiary/aromatic N) is 1. The number of benzene rings is 2. The maximum atomic E-state index is 14.2. The van der Waals surface area contributed by atoms with Gasteiger partial charge in [-0.3, -0.25) is 9.59 Å². The largest absolute Gasteiger partial charge is 0.482 e. The van der Waals surface area contributed by atoms with Crippen molar-refractivity contribution in [3.8, 4) is 5.75 Å². The summed E-state index contributed by atoms with van der Waals surface area (Å²) in [5.41, 5.74) is 0.305. The molecule has 0 bridgehead atoms. The Morgan fingerprint density at radius 1 is 1.13 bits per heavy atom. The second-order valence-corrected chi connectivity index (χ2v) is 8.14. The number of nitrogens with one attached hydrogen (secondary N) is 1. The van der Waals surface area contributed by atoms with Gasteiger partial charge in [0, 0.05) is 23.7 Å². The number of hydrogen-bond donors (Lipinski definition) is 1. The van der Waals surface area contributed by atoms with Gasteiger partial charge in [-0.15, -0.1) is 0 Å². The molecule has 2 aromatic rings. The van der Waals surface area contributed by atoms with E-state index in [4.69, 9.17) is 27.9 Å². The second-order valence-electron chi connectivity index (χ2n) is 7.29. The minimum Gasteiger partial charge on any atom is -0.482 e. The van der Waals surface area contributed by atoms with Gasteiger partial charge in [0.25, 0.3) is 5.91 Å². The van der Waals surface area contributed by atoms with Gasteiger partial charge in [-0.25, -0.2) is 4.39 Å². The first kappa shape index (κ1) is 24.0. The predicted molar refractivity (Wildman–Crippen MR) is 116 cm³/mol. The summed E-state index contributed by atoms with van der Waals surface area (Å²) in [5, 5.41) is 3.51. The van der Waals surface area contributed by atoms with E-state index in [1.54, 1.807) is 37.3 Å². The van der Waals surface area contributed by atoms with Crippen LogP contribution < -0.4 is 10.1 Å². The van der Waals surface area contributed by atoms with Crippen LogP contribution in [0.5, 0.6) is 5.75 Å². The molecular formula is C22H25Cl2FN2O3. The molecule has 0 aliphatic carbocycles. The lowest BCUT2D eigenvalue weighted by Gasteiger charge is -2.29. The predicted octanol–water partition coefficient (Wildman–Crippen LogP) is 4.70. The van der Waals surface area contributed by atoms with Gasteiger partial charge in [-0.2, -0.15) is 0 Å². The Morgan fingerprint density at radius 2 is 1.83 bits per heavy atom. The molecule has 1 N–H and O–H groups in total. The highest BCUT2D eigenvalue weighted by Gasteiger charge is 2.27. The SMILES string of the molecule is CC(C)CNC(=O)C(C)N(Cc1ccccc1F)C(=O)COc1ccc(Cl)cc1Cl. The highest BCUT2D eigenvalue weighted by atomic mass is 35.5. The second kappa shape index (κ2) is 11.2. The van der Waals surface area contributed by atoms with Crippen molar-refractivity contribution in [2.24, 2.45) is 5.92 Å². The fourth-order valence-corrected chi connectivity index (χ4v) is 3.12. The smallest absolute Gasteiger partial charge is 0.261 e. The van der Waals surface area contributed by atoms with Gasteiger partial charge < -0.3 is 15.0 Å². The Bertz CT molecular complexity index is 892. The van der Waals surface area contributed by atoms with E-state index in [1.165, 1.54) is 17.0 Å². The van der Waals surface area contributed by atoms with Crippen molar-refractivity contribution in [1.82, 2.24) is 10.2 Å². The summed E-state index contributed by atoms with van der Waals surface area (Å²) < 4.78 is 19.7. The quantitative estimate of drug-likeness (QED) is 0.597. The maximum absolute atomic E-state index is 14.2. The van der Waals surface area contributed by atoms with Crippen LogP contribution in [0.1, 0.15) is 26.3 Å². The van der Waals surface area contributed by atoms with E-state index < -0.39 is 17.8 Å². The zero-order chi connectivity index (χ0) is 22.3. The van der Waals surface area contributed by atoms with Gasteiger partial charge in [0.1, 0.15) is 17.6 Å². The molecule has 30 heavy (non-hydrogen) atoms. The van der Waals surface area contributed by atoms with Crippen molar-refractivity contribution in [1.29, 1.82) is 0 Å². The molecule has 1 atom stereocenters. The first-order chi connectivity index (χ1) is 14.2. The van der Waals surface area contributed by atoms with Crippen molar-refractivity contribution in [2.75, 3.05) is 13.2 Å². The van der Waals surface area contributed by atoms with Crippen molar-refractivity contribution >= 4 is 35.0 Å². The van der Waals surface area contributed by atoms with Crippen LogP contribution in [0.3, 0.4) is 0 Å². The van der Waals surface area contributed by atoms with Crippen molar-refractivity contribution in [3.05, 3.63) is 63.9 Å². The zero-order valence-corrected chi connectivity index (χ0v) is 18.6. The number of amides is 2. The number of carbonyl (C=O) groups is 2. The highest BCUT2D eigenvalue weighted by Crippen LogP contribution is 2.27. The molecule has 0 aliphatic heterocycles. The Hall–Kier alpha value is -2.31. The lowest BCUT2D eigenvalue weighted by molar-refractivity contribution is -0.142. The van der Waals surface area contributed by atoms with Crippen LogP contribution in [-0.2, 0) is 16.1 Å². The number of hydrogen-bond acceptors (Lipinski definition) is 3. The molecule has 0 spiro atoms. The molecule has 0 saturated heterocycles. The Morgan fingerprint density at radius 3 is 2.47 bits per heavy atom. The maximum Gasteiger partial charge on any atom is 0.261 e. The van der Waals surface area contributed by atoms with E-state index in [-0.39, 0.29) is 35.7 Å². The Labute approximate surface area is 186 Å². The summed E-state index contributed by atoms with van der Waals surface area (Å²) in [6.07, 6.45) is 0. The molecule has 162 valence electrons. The molecule has 0 aromatic heterocycles. The molecule has 0 heterocycles. The number of halogens is 3. The standard InChI is InChI=1S/C22H25Cl2FN2O3/c1-14(2)11-26-22(29)15(3)27(12-16-6-4-5-7-19(16)25)21(28)13-30-20-9-8-17(23)10-18(20)24/h4-10,14-15H,11-13H2,1-3H3,(H,26,29). The fourth-order valence-electron chi connectivity index (χ4n) is 2.66. The van der Waals surface area contributed by atoms with Gasteiger partial charge in [0.15, 0.2) is 6.61 Å². The monoisotopic (exact) mass is 454 g/mol. The van der Waals surface area contributed by atoms with Gasteiger partial charge in [0.2, 0.25) is 5.91 Å². The summed E-state index contributed by atoms with van der Waals surface area (Å²) in [5.74, 6) is -0.703. The molecule has 2 rings (SSSR count). The van der Waals surface area contributed by atoms with E-state index in [1.807, 2.05) is 13.8 Å². The molecule has 0 fully saturated rings. The molecule has 0 saturated carbocycles. The third kappa shape index (κ3) is 6.89. The molecule has 5 nitrogen and oxygen atoms in total. The van der Waals surface area contributed by atoms with E-state index >= 15 is 0 Å². The zero-order valence-electron chi connectivity index (χ0n) is 17.1. The molecular weight excluding hydrogens is 430 g/mol. The van der Waals surface area contributed by atoms with Crippen molar-refractivity contribution in [2.45, 2.75) is 33.4 Å². The van der Waals surface area contributed by atoms with Crippen LogP contribution in [0, 0.1) is 11.7 Å². The summed E-state index contributed by atoms with van der Waals surface area (Å²) in [6.45, 7) is 5.58. The summed E-state index contributed by atoms with van der Waals surface area (Å²) in [7, 11) is 0. The molecule has 0 aliphatic rings. The number of ether oxygens (including phenoxy) is 1. The van der Waals surface area contributed by atoms with Crippen LogP contribution in [-0.4, -0.2) is 35.9 Å². The molecule has 2 aromatic carbocycles. The average molecular weight is 455 g/mol. The molecule has 1 unspecified atom stereocenters. The van der Waals surface area contributed by atoms with Crippen LogP contribution in [0.2, 0.25) is 10.0 Å². The van der Waals surface area contributed by atoms with Crippen molar-refractivity contribution in [3.63, 3.8) is 0 Å². The Kier molecular flexibility index (Phi) is 8.93. The van der Waals surface area contributed by atoms with Gasteiger partial charge in [-0.05, 0) is 37.1 Å². The fraction of sp³-hybridized carbons (Fsp3) is 0.364. The van der Waals surface area contributed by atoms with E-state index in [2.05, 4.69) is 5.32 Å². The number of rotatable bonds is 9. The third-order valence-electron chi connectivity index (χ3n) is 4.40. The number of carbonyl (C=O) groups excluding carboxylic acids is 2. The van der Waals surface area contributed by atoms with E-state index in [0.717, 1.165) is 0 Å². The van der Waals surface area contributed by atoms with Crippen LogP contribution >= 0.6 is 23.2 Å². The van der Waals surface area contributed by atoms with E-state index in [9.17, 15) is 14.0 Å². The summed E-state index contributed by atoms with van der Waals surface area (Å²) in [4.78, 5) is 26.8. The lowest BCUT2D eigenvalue weighted by atomic mass is 10.1. The van der Waals surface area contributed by atoms with Crippen LogP contribution in [0.4, 0.5) is 4.39 Å². The van der Waals surface area contributed by atoms with Gasteiger partial charge >= 0.3 is 0 Å². The van der Waals surface area contributed by atoms with Gasteiger partial charge in [-0.1, -0.05) is 55.2 Å². The summed E-state index contributed by atoms with van der Waals surface area (Å²) >= 11 is 11.9. The highest BCUT2D eigenvalue weighted by molar-refractivity contribution is 6.35. The van der Waals surface area contributed by atoms with Gasteiger partial charge in [0.05, 0.1) is 5.02 Å². The van der Waals surface area contributed by atoms with Crippen molar-refractivity contribution < 1.29 is 18.7 Å². The van der Waals surface area contributed by atoms with E-state index in [0.29, 0.717) is 17.1 Å². The first-order valence-corrected chi connectivity index (χ1v) is 10.3. The third-order valence-corrected chi connectivity index (χ3v) is 4.93. The average Bonchev–Trinajstić information content (AvgIpc) is 2.70. The van der Waals surface area contributed by atoms with Crippen LogP contribution in [0.25, 0.3) is 0 Å².